The molecule has 31 heavy (non-hydrogen) atoms. The Kier molecular flexibility index (Phi) is 4.97. The van der Waals surface area contributed by atoms with E-state index in [2.05, 4.69) is 35.5 Å². The smallest absolute Gasteiger partial charge is 0.258 e. The van der Waals surface area contributed by atoms with Crippen LogP contribution < -0.4 is 10.2 Å². The second-order valence-electron chi connectivity index (χ2n) is 7.20. The van der Waals surface area contributed by atoms with Crippen LogP contribution in [0.3, 0.4) is 0 Å². The molecule has 10 nitrogen and oxygen atoms in total. The van der Waals surface area contributed by atoms with Gasteiger partial charge in [0.2, 0.25) is 5.95 Å². The van der Waals surface area contributed by atoms with Gasteiger partial charge in [0.15, 0.2) is 0 Å². The molecule has 4 aromatic rings. The highest BCUT2D eigenvalue weighted by Crippen LogP contribution is 2.22. The van der Waals surface area contributed by atoms with Gasteiger partial charge in [0.05, 0.1) is 24.9 Å². The van der Waals surface area contributed by atoms with Crippen LogP contribution in [0.1, 0.15) is 10.4 Å². The topological polar surface area (TPSA) is 111 Å². The fraction of sp³-hybridized carbons (Fsp3) is 0.238. The third kappa shape index (κ3) is 4.05. The van der Waals surface area contributed by atoms with Gasteiger partial charge in [-0.15, -0.1) is 5.10 Å². The Hall–Kier alpha value is -3.92. The average Bonchev–Trinajstić information content (AvgIpc) is 3.25. The third-order valence-corrected chi connectivity index (χ3v) is 5.05. The van der Waals surface area contributed by atoms with E-state index in [-0.39, 0.29) is 11.9 Å². The largest absolute Gasteiger partial charge is 0.378 e. The Labute approximate surface area is 177 Å². The molecule has 0 saturated carbocycles. The summed E-state index contributed by atoms with van der Waals surface area (Å²) in [5, 5.41) is 11.7. The van der Waals surface area contributed by atoms with Gasteiger partial charge in [-0.1, -0.05) is 17.3 Å². The second kappa shape index (κ2) is 8.07. The number of aromatic nitrogens is 6. The monoisotopic (exact) mass is 416 g/mol. The number of benzene rings is 1. The molecular formula is C21H20N8O2. The first kappa shape index (κ1) is 19.1. The Balaban J connectivity index is 1.37. The molecule has 5 rings (SSSR count). The van der Waals surface area contributed by atoms with Crippen molar-refractivity contribution >= 4 is 28.6 Å². The lowest BCUT2D eigenvalue weighted by molar-refractivity contribution is 0.102. The number of pyridine rings is 1. The van der Waals surface area contributed by atoms with Crippen molar-refractivity contribution in [3.05, 3.63) is 54.5 Å². The Morgan fingerprint density at radius 2 is 2.00 bits per heavy atom. The van der Waals surface area contributed by atoms with Crippen LogP contribution in [0.15, 0.2) is 48.9 Å². The highest BCUT2D eigenvalue weighted by Gasteiger charge is 2.15. The summed E-state index contributed by atoms with van der Waals surface area (Å²) < 4.78 is 7.02. The van der Waals surface area contributed by atoms with E-state index in [1.54, 1.807) is 29.2 Å². The number of rotatable bonds is 4. The van der Waals surface area contributed by atoms with Gasteiger partial charge in [0, 0.05) is 49.0 Å². The molecule has 0 aliphatic carbocycles. The molecule has 1 aliphatic heterocycles. The number of fused-ring (bicyclic) bond motifs is 1. The van der Waals surface area contributed by atoms with Crippen LogP contribution in [0.2, 0.25) is 0 Å². The van der Waals surface area contributed by atoms with E-state index in [4.69, 9.17) is 4.74 Å². The van der Waals surface area contributed by atoms with E-state index in [1.165, 1.54) is 0 Å². The van der Waals surface area contributed by atoms with Gasteiger partial charge in [-0.3, -0.25) is 14.8 Å². The summed E-state index contributed by atoms with van der Waals surface area (Å²) >= 11 is 0. The predicted molar refractivity (Wildman–Crippen MR) is 115 cm³/mol. The number of morpholine rings is 1. The number of hydrogen-bond donors (Lipinski definition) is 1. The van der Waals surface area contributed by atoms with Crippen molar-refractivity contribution in [1.29, 1.82) is 0 Å². The molecule has 10 heteroatoms. The molecular weight excluding hydrogens is 396 g/mol. The standard InChI is InChI=1S/C21H20N8O2/c1-28-13-18(26-27-28)14-2-3-16-12-23-21(24-17(16)10-14)25-20(30)15-4-5-22-19(11-15)29-6-8-31-9-7-29/h2-5,10-13H,6-9H2,1H3,(H,23,24,25,30). The van der Waals surface area contributed by atoms with Crippen LogP contribution in [0, 0.1) is 0 Å². The Morgan fingerprint density at radius 1 is 1.13 bits per heavy atom. The van der Waals surface area contributed by atoms with Gasteiger partial charge in [-0.2, -0.15) is 0 Å². The number of hydrogen-bond acceptors (Lipinski definition) is 8. The van der Waals surface area contributed by atoms with E-state index >= 15 is 0 Å². The van der Waals surface area contributed by atoms with Gasteiger partial charge in [0.1, 0.15) is 11.5 Å². The number of carbonyl (C=O) groups excluding carboxylic acids is 1. The predicted octanol–water partition coefficient (Wildman–Crippen LogP) is 1.91. The molecule has 1 aromatic carbocycles. The van der Waals surface area contributed by atoms with Gasteiger partial charge < -0.3 is 9.64 Å². The van der Waals surface area contributed by atoms with Crippen molar-refractivity contribution in [3.8, 4) is 11.3 Å². The van der Waals surface area contributed by atoms with Crippen molar-refractivity contribution in [2.24, 2.45) is 7.05 Å². The minimum absolute atomic E-state index is 0.235. The molecule has 1 saturated heterocycles. The van der Waals surface area contributed by atoms with Gasteiger partial charge in [-0.25, -0.2) is 15.0 Å². The summed E-state index contributed by atoms with van der Waals surface area (Å²) in [5.74, 6) is 0.698. The normalized spacial score (nSPS) is 14.0. The van der Waals surface area contributed by atoms with Gasteiger partial charge >= 0.3 is 0 Å². The maximum Gasteiger partial charge on any atom is 0.258 e. The minimum atomic E-state index is -0.290. The molecule has 0 atom stereocenters. The van der Waals surface area contributed by atoms with Crippen molar-refractivity contribution < 1.29 is 9.53 Å². The Bertz CT molecular complexity index is 1250. The van der Waals surface area contributed by atoms with Crippen LogP contribution in [0.5, 0.6) is 0 Å². The van der Waals surface area contributed by atoms with Crippen molar-refractivity contribution in [2.75, 3.05) is 36.5 Å². The highest BCUT2D eigenvalue weighted by molar-refractivity contribution is 6.04. The van der Waals surface area contributed by atoms with E-state index in [0.717, 1.165) is 35.6 Å². The molecule has 0 unspecified atom stereocenters. The molecule has 0 radical (unpaired) electrons. The first-order valence-electron chi connectivity index (χ1n) is 9.89. The maximum absolute atomic E-state index is 12.8. The number of amides is 1. The first-order chi connectivity index (χ1) is 15.2. The SMILES string of the molecule is Cn1cc(-c2ccc3cnc(NC(=O)c4ccnc(N5CCOCC5)c4)nc3c2)nn1. The van der Waals surface area contributed by atoms with E-state index in [1.807, 2.05) is 31.4 Å². The zero-order valence-corrected chi connectivity index (χ0v) is 16.9. The average molecular weight is 416 g/mol. The Morgan fingerprint density at radius 3 is 2.81 bits per heavy atom. The molecule has 1 N–H and O–H groups in total. The van der Waals surface area contributed by atoms with Crippen LogP contribution in [-0.2, 0) is 11.8 Å². The zero-order valence-electron chi connectivity index (χ0n) is 16.9. The molecule has 1 amide bonds. The van der Waals surface area contributed by atoms with Crippen LogP contribution >= 0.6 is 0 Å². The molecule has 4 heterocycles. The number of nitrogens with zero attached hydrogens (tertiary/aromatic N) is 7. The highest BCUT2D eigenvalue weighted by atomic mass is 16.5. The van der Waals surface area contributed by atoms with Gasteiger partial charge in [-0.05, 0) is 18.2 Å². The minimum Gasteiger partial charge on any atom is -0.378 e. The van der Waals surface area contributed by atoms with Gasteiger partial charge in [0.25, 0.3) is 5.91 Å². The number of anilines is 2. The summed E-state index contributed by atoms with van der Waals surface area (Å²) in [6.07, 6.45) is 5.15. The summed E-state index contributed by atoms with van der Waals surface area (Å²) in [4.78, 5) is 28.1. The van der Waals surface area contributed by atoms with Crippen LogP contribution in [0.4, 0.5) is 11.8 Å². The van der Waals surface area contributed by atoms with Crippen LogP contribution in [-0.4, -0.2) is 62.2 Å². The molecule has 0 bridgehead atoms. The van der Waals surface area contributed by atoms with Crippen molar-refractivity contribution in [1.82, 2.24) is 29.9 Å². The van der Waals surface area contributed by atoms with E-state index in [9.17, 15) is 4.79 Å². The molecule has 1 aliphatic rings. The molecule has 0 spiro atoms. The van der Waals surface area contributed by atoms with E-state index in [0.29, 0.717) is 24.3 Å². The summed E-state index contributed by atoms with van der Waals surface area (Å²) in [7, 11) is 1.82. The molecule has 1 fully saturated rings. The summed E-state index contributed by atoms with van der Waals surface area (Å²) in [6.45, 7) is 2.80. The van der Waals surface area contributed by atoms with Crippen molar-refractivity contribution in [3.63, 3.8) is 0 Å². The number of aryl methyl sites for hydroxylation is 1. The lowest BCUT2D eigenvalue weighted by Crippen LogP contribution is -2.36. The maximum atomic E-state index is 12.8. The fourth-order valence-electron chi connectivity index (χ4n) is 3.42. The van der Waals surface area contributed by atoms with E-state index < -0.39 is 0 Å². The lowest BCUT2D eigenvalue weighted by Gasteiger charge is -2.27. The zero-order chi connectivity index (χ0) is 21.2. The number of nitrogens with one attached hydrogen (secondary N) is 1. The quantitative estimate of drug-likeness (QED) is 0.537. The first-order valence-corrected chi connectivity index (χ1v) is 9.89. The summed E-state index contributed by atoms with van der Waals surface area (Å²) in [6, 6.07) is 9.21. The number of carbonyl (C=O) groups is 1. The fourth-order valence-corrected chi connectivity index (χ4v) is 3.42. The number of ether oxygens (including phenoxy) is 1. The van der Waals surface area contributed by atoms with Crippen LogP contribution in [0.25, 0.3) is 22.2 Å². The third-order valence-electron chi connectivity index (χ3n) is 5.05. The second-order valence-corrected chi connectivity index (χ2v) is 7.20. The summed E-state index contributed by atoms with van der Waals surface area (Å²) in [5.41, 5.74) is 2.84. The lowest BCUT2D eigenvalue weighted by atomic mass is 10.1. The molecule has 156 valence electrons. The van der Waals surface area contributed by atoms with Crippen molar-refractivity contribution in [2.45, 2.75) is 0 Å². The molecule has 3 aromatic heterocycles.